The lowest BCUT2D eigenvalue weighted by Gasteiger charge is -2.06. The molecule has 0 aliphatic heterocycles. The van der Waals surface area contributed by atoms with Crippen molar-refractivity contribution in [3.63, 3.8) is 0 Å². The number of hydrogen-bond donors (Lipinski definition) is 2. The number of nitrogens with zero attached hydrogens (tertiary/aromatic N) is 1. The SMILES string of the molecule is Cc1[nH]ncc1CCCNCCC(C)C. The highest BCUT2D eigenvalue weighted by atomic mass is 15.1. The minimum Gasteiger partial charge on any atom is -0.317 e. The molecule has 0 amide bonds. The Morgan fingerprint density at radius 3 is 2.80 bits per heavy atom. The third-order valence-electron chi connectivity index (χ3n) is 2.63. The molecule has 3 nitrogen and oxygen atoms in total. The van der Waals surface area contributed by atoms with Crippen LogP contribution >= 0.6 is 0 Å². The Morgan fingerprint density at radius 1 is 1.40 bits per heavy atom. The summed E-state index contributed by atoms with van der Waals surface area (Å²) >= 11 is 0. The first kappa shape index (κ1) is 12.2. The maximum atomic E-state index is 4.01. The first-order chi connectivity index (χ1) is 7.20. The summed E-state index contributed by atoms with van der Waals surface area (Å²) in [5.74, 6) is 0.800. The van der Waals surface area contributed by atoms with E-state index in [-0.39, 0.29) is 0 Å². The fraction of sp³-hybridized carbons (Fsp3) is 0.750. The Bertz CT molecular complexity index is 266. The third kappa shape index (κ3) is 4.98. The van der Waals surface area contributed by atoms with Crippen LogP contribution in [0.15, 0.2) is 6.20 Å². The molecule has 0 bridgehead atoms. The zero-order valence-electron chi connectivity index (χ0n) is 10.1. The third-order valence-corrected chi connectivity index (χ3v) is 2.63. The molecule has 0 saturated carbocycles. The molecule has 0 atom stereocenters. The van der Waals surface area contributed by atoms with E-state index in [1.807, 2.05) is 6.20 Å². The van der Waals surface area contributed by atoms with E-state index in [4.69, 9.17) is 0 Å². The molecule has 1 heterocycles. The highest BCUT2D eigenvalue weighted by Crippen LogP contribution is 2.05. The van der Waals surface area contributed by atoms with Gasteiger partial charge < -0.3 is 5.32 Å². The van der Waals surface area contributed by atoms with Crippen molar-refractivity contribution in [2.75, 3.05) is 13.1 Å². The number of hydrogen-bond acceptors (Lipinski definition) is 2. The molecule has 1 aromatic rings. The minimum absolute atomic E-state index is 0.800. The average molecular weight is 209 g/mol. The van der Waals surface area contributed by atoms with E-state index in [9.17, 15) is 0 Å². The number of nitrogens with one attached hydrogen (secondary N) is 2. The van der Waals surface area contributed by atoms with Crippen molar-refractivity contribution in [1.29, 1.82) is 0 Å². The predicted octanol–water partition coefficient (Wildman–Crippen LogP) is 2.29. The molecule has 86 valence electrons. The lowest BCUT2D eigenvalue weighted by atomic mass is 10.1. The summed E-state index contributed by atoms with van der Waals surface area (Å²) in [6, 6.07) is 0. The fourth-order valence-corrected chi connectivity index (χ4v) is 1.55. The van der Waals surface area contributed by atoms with Gasteiger partial charge in [0.2, 0.25) is 0 Å². The molecular weight excluding hydrogens is 186 g/mol. The van der Waals surface area contributed by atoms with E-state index in [1.165, 1.54) is 24.1 Å². The van der Waals surface area contributed by atoms with Crippen molar-refractivity contribution in [3.05, 3.63) is 17.5 Å². The summed E-state index contributed by atoms with van der Waals surface area (Å²) in [4.78, 5) is 0. The van der Waals surface area contributed by atoms with Gasteiger partial charge in [-0.1, -0.05) is 13.8 Å². The van der Waals surface area contributed by atoms with Gasteiger partial charge >= 0.3 is 0 Å². The second-order valence-electron chi connectivity index (χ2n) is 4.56. The van der Waals surface area contributed by atoms with Gasteiger partial charge in [-0.05, 0) is 50.8 Å². The maximum absolute atomic E-state index is 4.01. The zero-order chi connectivity index (χ0) is 11.1. The summed E-state index contributed by atoms with van der Waals surface area (Å²) in [5, 5.41) is 10.4. The molecule has 0 radical (unpaired) electrons. The van der Waals surface area contributed by atoms with Gasteiger partial charge in [0.05, 0.1) is 6.20 Å². The zero-order valence-corrected chi connectivity index (χ0v) is 10.1. The van der Waals surface area contributed by atoms with Gasteiger partial charge in [0.1, 0.15) is 0 Å². The van der Waals surface area contributed by atoms with Crippen LogP contribution in [0.5, 0.6) is 0 Å². The Kier molecular flexibility index (Phi) is 5.40. The van der Waals surface area contributed by atoms with Crippen LogP contribution in [0.2, 0.25) is 0 Å². The Labute approximate surface area is 92.7 Å². The Hall–Kier alpha value is -0.830. The Balaban J connectivity index is 2.00. The van der Waals surface area contributed by atoms with Crippen molar-refractivity contribution >= 4 is 0 Å². The molecule has 1 rings (SSSR count). The van der Waals surface area contributed by atoms with Gasteiger partial charge in [0.25, 0.3) is 0 Å². The van der Waals surface area contributed by atoms with Gasteiger partial charge in [-0.25, -0.2) is 0 Å². The van der Waals surface area contributed by atoms with Crippen LogP contribution in [0.25, 0.3) is 0 Å². The summed E-state index contributed by atoms with van der Waals surface area (Å²) in [6.07, 6.45) is 5.52. The topological polar surface area (TPSA) is 40.7 Å². The van der Waals surface area contributed by atoms with Gasteiger partial charge in [-0.15, -0.1) is 0 Å². The monoisotopic (exact) mass is 209 g/mol. The molecule has 3 heteroatoms. The average Bonchev–Trinajstić information content (AvgIpc) is 2.57. The van der Waals surface area contributed by atoms with Crippen LogP contribution in [0.1, 0.15) is 37.9 Å². The largest absolute Gasteiger partial charge is 0.317 e. The van der Waals surface area contributed by atoms with E-state index in [2.05, 4.69) is 36.3 Å². The number of aryl methyl sites for hydroxylation is 2. The molecule has 0 unspecified atom stereocenters. The predicted molar refractivity (Wildman–Crippen MR) is 64.0 cm³/mol. The van der Waals surface area contributed by atoms with Crippen molar-refractivity contribution in [2.45, 2.75) is 40.0 Å². The van der Waals surface area contributed by atoms with E-state index < -0.39 is 0 Å². The van der Waals surface area contributed by atoms with E-state index in [0.29, 0.717) is 0 Å². The van der Waals surface area contributed by atoms with Crippen molar-refractivity contribution in [3.8, 4) is 0 Å². The maximum Gasteiger partial charge on any atom is 0.0522 e. The highest BCUT2D eigenvalue weighted by molar-refractivity contribution is 5.14. The van der Waals surface area contributed by atoms with Crippen LogP contribution in [0, 0.1) is 12.8 Å². The second kappa shape index (κ2) is 6.62. The molecule has 1 aromatic heterocycles. The van der Waals surface area contributed by atoms with E-state index in [1.54, 1.807) is 0 Å². The number of H-pyrrole nitrogens is 1. The van der Waals surface area contributed by atoms with E-state index >= 15 is 0 Å². The first-order valence-corrected chi connectivity index (χ1v) is 5.89. The molecule has 0 aliphatic carbocycles. The number of rotatable bonds is 7. The minimum atomic E-state index is 0.800. The lowest BCUT2D eigenvalue weighted by Crippen LogP contribution is -2.18. The fourth-order valence-electron chi connectivity index (χ4n) is 1.55. The van der Waals surface area contributed by atoms with Crippen LogP contribution in [0.4, 0.5) is 0 Å². The van der Waals surface area contributed by atoms with Crippen molar-refractivity contribution < 1.29 is 0 Å². The number of aromatic amines is 1. The summed E-state index contributed by atoms with van der Waals surface area (Å²) in [7, 11) is 0. The van der Waals surface area contributed by atoms with Crippen molar-refractivity contribution in [2.24, 2.45) is 5.92 Å². The quantitative estimate of drug-likeness (QED) is 0.676. The summed E-state index contributed by atoms with van der Waals surface area (Å²) in [5.41, 5.74) is 2.55. The number of aromatic nitrogens is 2. The standard InChI is InChI=1S/C12H23N3/c1-10(2)6-8-13-7-4-5-12-9-14-15-11(12)3/h9-10,13H,4-8H2,1-3H3,(H,14,15). The molecule has 0 aliphatic rings. The van der Waals surface area contributed by atoms with Crippen LogP contribution in [-0.2, 0) is 6.42 Å². The van der Waals surface area contributed by atoms with Crippen LogP contribution in [-0.4, -0.2) is 23.3 Å². The van der Waals surface area contributed by atoms with Crippen molar-refractivity contribution in [1.82, 2.24) is 15.5 Å². The van der Waals surface area contributed by atoms with E-state index in [0.717, 1.165) is 25.4 Å². The smallest absolute Gasteiger partial charge is 0.0522 e. The van der Waals surface area contributed by atoms with Crippen LogP contribution < -0.4 is 5.32 Å². The van der Waals surface area contributed by atoms with Gasteiger partial charge in [0, 0.05) is 5.69 Å². The highest BCUT2D eigenvalue weighted by Gasteiger charge is 1.99. The Morgan fingerprint density at radius 2 is 2.20 bits per heavy atom. The van der Waals surface area contributed by atoms with Gasteiger partial charge in [0.15, 0.2) is 0 Å². The van der Waals surface area contributed by atoms with Gasteiger partial charge in [-0.3, -0.25) is 5.10 Å². The molecule has 0 aromatic carbocycles. The molecule has 15 heavy (non-hydrogen) atoms. The molecule has 2 N–H and O–H groups in total. The lowest BCUT2D eigenvalue weighted by molar-refractivity contribution is 0.532. The second-order valence-corrected chi connectivity index (χ2v) is 4.56. The summed E-state index contributed by atoms with van der Waals surface area (Å²) in [6.45, 7) is 8.85. The summed E-state index contributed by atoms with van der Waals surface area (Å²) < 4.78 is 0. The normalized spacial score (nSPS) is 11.2. The van der Waals surface area contributed by atoms with Crippen LogP contribution in [0.3, 0.4) is 0 Å². The molecular formula is C12H23N3. The van der Waals surface area contributed by atoms with Gasteiger partial charge in [-0.2, -0.15) is 5.10 Å². The molecule has 0 saturated heterocycles. The molecule has 0 fully saturated rings. The molecule has 0 spiro atoms. The first-order valence-electron chi connectivity index (χ1n) is 5.89.